The molecule has 2 fully saturated rings. The molecule has 2 aliphatic heterocycles. The third-order valence-electron chi connectivity index (χ3n) is 5.90. The lowest BCUT2D eigenvalue weighted by molar-refractivity contribution is -0.152. The number of nitrogens with zero attached hydrogens (tertiary/aromatic N) is 3. The molecule has 0 unspecified atom stereocenters. The molecule has 1 N–H and O–H groups in total. The van der Waals surface area contributed by atoms with Crippen LogP contribution < -0.4 is 5.32 Å². The Kier molecular flexibility index (Phi) is 4.30. The first-order chi connectivity index (χ1) is 13.4. The van der Waals surface area contributed by atoms with Crippen LogP contribution in [-0.2, 0) is 25.7 Å². The highest BCUT2D eigenvalue weighted by Crippen LogP contribution is 2.49. The number of hydrogen-bond acceptors (Lipinski definition) is 6. The minimum Gasteiger partial charge on any atom is -0.468 e. The molecule has 0 spiro atoms. The van der Waals surface area contributed by atoms with Crippen LogP contribution in [0.3, 0.4) is 0 Å². The molecule has 0 bridgehead atoms. The van der Waals surface area contributed by atoms with Gasteiger partial charge in [0.05, 0.1) is 25.5 Å². The summed E-state index contributed by atoms with van der Waals surface area (Å²) in [6, 6.07) is 9.05. The number of hydrogen-bond donors (Lipinski definition) is 1. The molecule has 1 aromatic heterocycles. The van der Waals surface area contributed by atoms with Crippen LogP contribution in [0.5, 0.6) is 0 Å². The Morgan fingerprint density at radius 1 is 1.25 bits per heavy atom. The lowest BCUT2D eigenvalue weighted by Crippen LogP contribution is -2.53. The third kappa shape index (κ3) is 2.56. The van der Waals surface area contributed by atoms with Gasteiger partial charge in [0.15, 0.2) is 0 Å². The summed E-state index contributed by atoms with van der Waals surface area (Å²) in [5, 5.41) is 7.51. The average Bonchev–Trinajstić information content (AvgIpc) is 3.37. The van der Waals surface area contributed by atoms with Gasteiger partial charge in [-0.25, -0.2) is 0 Å². The number of fused-ring (bicyclic) bond motifs is 1. The SMILES string of the molecule is COC(=O)[C@]1(C)N[C@H](c2ccccc2Cn2cccn2)[C@@H]2C(=O)N(C)C(=O)[C@@H]21. The van der Waals surface area contributed by atoms with Gasteiger partial charge in [0.2, 0.25) is 11.8 Å². The molecule has 0 saturated carbocycles. The maximum atomic E-state index is 12.9. The van der Waals surface area contributed by atoms with Crippen molar-refractivity contribution in [3.8, 4) is 0 Å². The molecule has 146 valence electrons. The fraction of sp³-hybridized carbons (Fsp3) is 0.400. The van der Waals surface area contributed by atoms with E-state index < -0.39 is 29.4 Å². The zero-order valence-electron chi connectivity index (χ0n) is 16.0. The first-order valence-electron chi connectivity index (χ1n) is 9.11. The van der Waals surface area contributed by atoms with Crippen LogP contribution in [0.2, 0.25) is 0 Å². The standard InChI is InChI=1S/C20H22N4O4/c1-20(19(27)28-3)15-14(17(25)23(2)18(15)26)16(22-20)13-8-5-4-7-12(13)11-24-10-6-9-21-24/h4-10,14-16,22H,11H2,1-3H3/t14-,15-,16-,20-/m1/s1. The number of esters is 1. The fourth-order valence-corrected chi connectivity index (χ4v) is 4.50. The number of amides is 2. The molecule has 1 aromatic carbocycles. The van der Waals surface area contributed by atoms with E-state index in [2.05, 4.69) is 10.4 Å². The predicted octanol–water partition coefficient (Wildman–Crippen LogP) is 0.738. The van der Waals surface area contributed by atoms with Crippen molar-refractivity contribution < 1.29 is 19.1 Å². The van der Waals surface area contributed by atoms with Crippen LogP contribution in [0.4, 0.5) is 0 Å². The predicted molar refractivity (Wildman–Crippen MR) is 98.8 cm³/mol. The number of aromatic nitrogens is 2. The van der Waals surface area contributed by atoms with Crippen LogP contribution >= 0.6 is 0 Å². The Hall–Kier alpha value is -3.00. The van der Waals surface area contributed by atoms with Crippen LogP contribution in [0, 0.1) is 11.8 Å². The van der Waals surface area contributed by atoms with Crippen LogP contribution in [0.25, 0.3) is 0 Å². The molecule has 8 nitrogen and oxygen atoms in total. The normalized spacial score (nSPS) is 29.2. The summed E-state index contributed by atoms with van der Waals surface area (Å²) in [5.74, 6) is -2.66. The van der Waals surface area contributed by atoms with Gasteiger partial charge in [0, 0.05) is 25.5 Å². The van der Waals surface area contributed by atoms with Crippen LogP contribution in [0.15, 0.2) is 42.7 Å². The highest BCUT2D eigenvalue weighted by Gasteiger charge is 2.66. The maximum Gasteiger partial charge on any atom is 0.326 e. The molecule has 2 saturated heterocycles. The highest BCUT2D eigenvalue weighted by atomic mass is 16.5. The fourth-order valence-electron chi connectivity index (χ4n) is 4.50. The average molecular weight is 382 g/mol. The zero-order chi connectivity index (χ0) is 20.1. The van der Waals surface area contributed by atoms with Crippen molar-refractivity contribution in [1.29, 1.82) is 0 Å². The number of rotatable bonds is 4. The second kappa shape index (κ2) is 6.56. The van der Waals surface area contributed by atoms with E-state index in [0.29, 0.717) is 6.54 Å². The summed E-state index contributed by atoms with van der Waals surface area (Å²) in [5.41, 5.74) is 0.559. The van der Waals surface area contributed by atoms with Crippen LogP contribution in [-0.4, -0.2) is 52.2 Å². The molecule has 4 rings (SSSR count). The van der Waals surface area contributed by atoms with Crippen molar-refractivity contribution in [2.24, 2.45) is 11.8 Å². The minimum absolute atomic E-state index is 0.283. The van der Waals surface area contributed by atoms with Gasteiger partial charge in [0.25, 0.3) is 0 Å². The molecular weight excluding hydrogens is 360 g/mol. The highest BCUT2D eigenvalue weighted by molar-refractivity contribution is 6.09. The van der Waals surface area contributed by atoms with Crippen molar-refractivity contribution >= 4 is 17.8 Å². The summed E-state index contributed by atoms with van der Waals surface area (Å²) < 4.78 is 6.76. The van der Waals surface area contributed by atoms with Gasteiger partial charge in [-0.05, 0) is 24.1 Å². The van der Waals surface area contributed by atoms with Gasteiger partial charge >= 0.3 is 5.97 Å². The summed E-state index contributed by atoms with van der Waals surface area (Å²) >= 11 is 0. The first kappa shape index (κ1) is 18.4. The Morgan fingerprint density at radius 3 is 2.68 bits per heavy atom. The van der Waals surface area contributed by atoms with E-state index in [4.69, 9.17) is 4.74 Å². The number of nitrogens with one attached hydrogen (secondary N) is 1. The quantitative estimate of drug-likeness (QED) is 0.619. The van der Waals surface area contributed by atoms with Crippen molar-refractivity contribution in [2.75, 3.05) is 14.2 Å². The van der Waals surface area contributed by atoms with Crippen molar-refractivity contribution in [3.63, 3.8) is 0 Å². The topological polar surface area (TPSA) is 93.5 Å². The van der Waals surface area contributed by atoms with Crippen molar-refractivity contribution in [2.45, 2.75) is 25.0 Å². The van der Waals surface area contributed by atoms with E-state index in [9.17, 15) is 14.4 Å². The maximum absolute atomic E-state index is 12.9. The Balaban J connectivity index is 1.79. The molecule has 0 radical (unpaired) electrons. The number of benzene rings is 1. The van der Waals surface area contributed by atoms with E-state index in [0.717, 1.165) is 16.0 Å². The van der Waals surface area contributed by atoms with Gasteiger partial charge in [0.1, 0.15) is 5.54 Å². The lowest BCUT2D eigenvalue weighted by atomic mass is 9.80. The molecular formula is C20H22N4O4. The lowest BCUT2D eigenvalue weighted by Gasteiger charge is -2.28. The molecule has 2 amide bonds. The first-order valence-corrected chi connectivity index (χ1v) is 9.11. The van der Waals surface area contributed by atoms with Gasteiger partial charge in [-0.15, -0.1) is 0 Å². The summed E-state index contributed by atoms with van der Waals surface area (Å²) in [6.07, 6.45) is 3.56. The molecule has 0 aliphatic carbocycles. The zero-order valence-corrected chi connectivity index (χ0v) is 16.0. The Labute approximate surface area is 162 Å². The largest absolute Gasteiger partial charge is 0.468 e. The third-order valence-corrected chi connectivity index (χ3v) is 5.90. The molecule has 2 aromatic rings. The number of carbonyl (C=O) groups excluding carboxylic acids is 3. The molecule has 8 heteroatoms. The van der Waals surface area contributed by atoms with Crippen molar-refractivity contribution in [3.05, 3.63) is 53.9 Å². The number of imide groups is 1. The van der Waals surface area contributed by atoms with Gasteiger partial charge in [-0.2, -0.15) is 5.10 Å². The van der Waals surface area contributed by atoms with E-state index >= 15 is 0 Å². The summed E-state index contributed by atoms with van der Waals surface area (Å²) in [4.78, 5) is 39.4. The van der Waals surface area contributed by atoms with Gasteiger partial charge in [-0.3, -0.25) is 29.3 Å². The molecule has 2 aliphatic rings. The van der Waals surface area contributed by atoms with E-state index in [1.165, 1.54) is 14.2 Å². The summed E-state index contributed by atoms with van der Waals surface area (Å²) in [7, 11) is 2.75. The van der Waals surface area contributed by atoms with Gasteiger partial charge < -0.3 is 4.74 Å². The molecule has 3 heterocycles. The second-order valence-corrected chi connectivity index (χ2v) is 7.46. The van der Waals surface area contributed by atoms with E-state index in [1.807, 2.05) is 36.5 Å². The van der Waals surface area contributed by atoms with Crippen molar-refractivity contribution in [1.82, 2.24) is 20.0 Å². The number of carbonyl (C=O) groups is 3. The minimum atomic E-state index is -1.28. The van der Waals surface area contributed by atoms with E-state index in [-0.39, 0.29) is 11.8 Å². The van der Waals surface area contributed by atoms with E-state index in [1.54, 1.807) is 17.8 Å². The number of methoxy groups -OCH3 is 1. The Morgan fingerprint density at radius 2 is 2.00 bits per heavy atom. The van der Waals surface area contributed by atoms with Crippen LogP contribution in [0.1, 0.15) is 24.1 Å². The molecule has 4 atom stereocenters. The summed E-state index contributed by atoms with van der Waals surface area (Å²) in [6.45, 7) is 2.16. The smallest absolute Gasteiger partial charge is 0.326 e. The Bertz CT molecular complexity index is 941. The number of likely N-dealkylation sites (tertiary alicyclic amines) is 1. The molecule has 28 heavy (non-hydrogen) atoms. The van der Waals surface area contributed by atoms with Gasteiger partial charge in [-0.1, -0.05) is 24.3 Å². The monoisotopic (exact) mass is 382 g/mol. The number of ether oxygens (including phenoxy) is 1. The second-order valence-electron chi connectivity index (χ2n) is 7.46.